The lowest BCUT2D eigenvalue weighted by molar-refractivity contribution is -0.139. The number of carboxylic acid groups (broad SMARTS) is 1. The summed E-state index contributed by atoms with van der Waals surface area (Å²) in [6, 6.07) is 11.4. The van der Waals surface area contributed by atoms with Gasteiger partial charge in [0.2, 0.25) is 5.91 Å². The van der Waals surface area contributed by atoms with Gasteiger partial charge in [0.1, 0.15) is 5.75 Å². The predicted molar refractivity (Wildman–Crippen MR) is 79.5 cm³/mol. The highest BCUT2D eigenvalue weighted by Crippen LogP contribution is 2.24. The van der Waals surface area contributed by atoms with E-state index < -0.39 is 5.97 Å². The molecule has 1 amide bonds. The smallest absolute Gasteiger partial charge is 0.341 e. The number of hydrogen-bond donors (Lipinski definition) is 2. The van der Waals surface area contributed by atoms with Crippen molar-refractivity contribution in [3.63, 3.8) is 0 Å². The molecule has 0 atom stereocenters. The summed E-state index contributed by atoms with van der Waals surface area (Å²) >= 11 is 0. The van der Waals surface area contributed by atoms with Gasteiger partial charge in [-0.3, -0.25) is 4.79 Å². The first-order valence-electron chi connectivity index (χ1n) is 6.67. The molecule has 2 N–H and O–H groups in total. The van der Waals surface area contributed by atoms with Gasteiger partial charge in [-0.25, -0.2) is 4.79 Å². The van der Waals surface area contributed by atoms with E-state index in [4.69, 9.17) is 9.84 Å². The minimum absolute atomic E-state index is 0.0549. The Kier molecular flexibility index (Phi) is 4.77. The summed E-state index contributed by atoms with van der Waals surface area (Å²) in [7, 11) is 0. The molecule has 0 aliphatic heterocycles. The summed E-state index contributed by atoms with van der Waals surface area (Å²) in [5.41, 5.74) is 1.09. The van der Waals surface area contributed by atoms with Crippen LogP contribution in [0.1, 0.15) is 12.5 Å². The fourth-order valence-electron chi connectivity index (χ4n) is 2.14. The van der Waals surface area contributed by atoms with Crippen molar-refractivity contribution in [3.05, 3.63) is 42.0 Å². The van der Waals surface area contributed by atoms with Gasteiger partial charge in [-0.15, -0.1) is 0 Å². The molecule has 5 nitrogen and oxygen atoms in total. The minimum Gasteiger partial charge on any atom is -0.482 e. The molecule has 0 saturated heterocycles. The van der Waals surface area contributed by atoms with Crippen molar-refractivity contribution in [2.24, 2.45) is 0 Å². The lowest BCUT2D eigenvalue weighted by atomic mass is 10.0. The normalized spacial score (nSPS) is 10.3. The van der Waals surface area contributed by atoms with Crippen LogP contribution in [-0.4, -0.2) is 30.1 Å². The summed E-state index contributed by atoms with van der Waals surface area (Å²) in [6.45, 7) is 1.69. The van der Waals surface area contributed by atoms with E-state index in [9.17, 15) is 9.59 Å². The number of aliphatic carboxylic acids is 1. The van der Waals surface area contributed by atoms with E-state index in [1.165, 1.54) is 6.92 Å². The quantitative estimate of drug-likeness (QED) is 0.852. The van der Waals surface area contributed by atoms with E-state index in [1.54, 1.807) is 6.07 Å². The lowest BCUT2D eigenvalue weighted by Crippen LogP contribution is -2.22. The van der Waals surface area contributed by atoms with Gasteiger partial charge in [0, 0.05) is 13.5 Å². The van der Waals surface area contributed by atoms with Crippen LogP contribution in [0.15, 0.2) is 36.4 Å². The Balaban J connectivity index is 2.21. The highest BCUT2D eigenvalue weighted by atomic mass is 16.5. The molecule has 0 aromatic heterocycles. The predicted octanol–water partition coefficient (Wildman–Crippen LogP) is 1.98. The van der Waals surface area contributed by atoms with Crippen molar-refractivity contribution in [1.29, 1.82) is 0 Å². The van der Waals surface area contributed by atoms with Crippen molar-refractivity contribution in [2.75, 3.05) is 13.2 Å². The highest BCUT2D eigenvalue weighted by Gasteiger charge is 2.05. The van der Waals surface area contributed by atoms with Gasteiger partial charge in [0.25, 0.3) is 0 Å². The van der Waals surface area contributed by atoms with Gasteiger partial charge >= 0.3 is 5.97 Å². The maximum atomic E-state index is 10.9. The average Bonchev–Trinajstić information content (AvgIpc) is 2.45. The second-order valence-corrected chi connectivity index (χ2v) is 4.72. The van der Waals surface area contributed by atoms with Crippen LogP contribution in [0.5, 0.6) is 5.75 Å². The van der Waals surface area contributed by atoms with Crippen LogP contribution >= 0.6 is 0 Å². The van der Waals surface area contributed by atoms with Crippen LogP contribution in [0.25, 0.3) is 10.8 Å². The largest absolute Gasteiger partial charge is 0.482 e. The average molecular weight is 287 g/mol. The first-order valence-corrected chi connectivity index (χ1v) is 6.67. The maximum absolute atomic E-state index is 10.9. The molecule has 5 heteroatoms. The molecule has 0 unspecified atom stereocenters. The van der Waals surface area contributed by atoms with Crippen molar-refractivity contribution in [3.8, 4) is 5.75 Å². The molecule has 110 valence electrons. The number of amides is 1. The number of benzene rings is 2. The third-order valence-electron chi connectivity index (χ3n) is 3.07. The van der Waals surface area contributed by atoms with E-state index in [0.29, 0.717) is 18.7 Å². The number of carbonyl (C=O) groups excluding carboxylic acids is 1. The third-order valence-corrected chi connectivity index (χ3v) is 3.07. The van der Waals surface area contributed by atoms with Gasteiger partial charge < -0.3 is 15.2 Å². The number of hydrogen-bond acceptors (Lipinski definition) is 3. The zero-order valence-corrected chi connectivity index (χ0v) is 11.8. The standard InChI is InChI=1S/C16H17NO4/c1-11(18)17-8-7-13-4-2-3-12-5-6-14(9-15(12)13)21-10-16(19)20/h2-6,9H,7-8,10H2,1H3,(H,17,18)(H,19,20). The van der Waals surface area contributed by atoms with E-state index >= 15 is 0 Å². The maximum Gasteiger partial charge on any atom is 0.341 e. The zero-order chi connectivity index (χ0) is 15.2. The first-order chi connectivity index (χ1) is 10.1. The summed E-state index contributed by atoms with van der Waals surface area (Å²) < 4.78 is 5.20. The zero-order valence-electron chi connectivity index (χ0n) is 11.8. The van der Waals surface area contributed by atoms with E-state index in [0.717, 1.165) is 16.3 Å². The summed E-state index contributed by atoms with van der Waals surface area (Å²) in [5, 5.41) is 13.5. The molecule has 2 aromatic rings. The fourth-order valence-corrected chi connectivity index (χ4v) is 2.14. The monoisotopic (exact) mass is 287 g/mol. The lowest BCUT2D eigenvalue weighted by Gasteiger charge is -2.09. The van der Waals surface area contributed by atoms with Gasteiger partial charge in [0.15, 0.2) is 6.61 Å². The number of ether oxygens (including phenoxy) is 1. The Labute approximate surface area is 122 Å². The Morgan fingerprint density at radius 1 is 1.24 bits per heavy atom. The molecule has 0 fully saturated rings. The van der Waals surface area contributed by atoms with Gasteiger partial charge in [-0.2, -0.15) is 0 Å². The molecule has 0 aliphatic carbocycles. The minimum atomic E-state index is -1.01. The number of fused-ring (bicyclic) bond motifs is 1. The second-order valence-electron chi connectivity index (χ2n) is 4.72. The van der Waals surface area contributed by atoms with Crippen molar-refractivity contribution in [2.45, 2.75) is 13.3 Å². The highest BCUT2D eigenvalue weighted by molar-refractivity contribution is 5.87. The van der Waals surface area contributed by atoms with Gasteiger partial charge in [-0.05, 0) is 34.9 Å². The number of carbonyl (C=O) groups is 2. The topological polar surface area (TPSA) is 75.6 Å². The molecule has 2 aromatic carbocycles. The van der Waals surface area contributed by atoms with Gasteiger partial charge in [0.05, 0.1) is 0 Å². The summed E-state index contributed by atoms with van der Waals surface area (Å²) in [6.07, 6.45) is 0.708. The van der Waals surface area contributed by atoms with Crippen LogP contribution in [0.4, 0.5) is 0 Å². The van der Waals surface area contributed by atoms with Crippen LogP contribution in [0.3, 0.4) is 0 Å². The first kappa shape index (κ1) is 14.8. The molecule has 0 spiro atoms. The summed E-state index contributed by atoms with van der Waals surface area (Å²) in [4.78, 5) is 21.5. The van der Waals surface area contributed by atoms with E-state index in [-0.39, 0.29) is 12.5 Å². The van der Waals surface area contributed by atoms with Crippen LogP contribution in [0, 0.1) is 0 Å². The molecule has 21 heavy (non-hydrogen) atoms. The van der Waals surface area contributed by atoms with Crippen molar-refractivity contribution >= 4 is 22.6 Å². The number of rotatable bonds is 6. The van der Waals surface area contributed by atoms with Gasteiger partial charge in [-0.1, -0.05) is 24.3 Å². The molecular formula is C16H17NO4. The molecular weight excluding hydrogens is 270 g/mol. The Hall–Kier alpha value is -2.56. The SMILES string of the molecule is CC(=O)NCCc1cccc2ccc(OCC(=O)O)cc12. The number of carboxylic acids is 1. The van der Waals surface area contributed by atoms with Crippen LogP contribution in [-0.2, 0) is 16.0 Å². The van der Waals surface area contributed by atoms with Crippen molar-refractivity contribution in [1.82, 2.24) is 5.32 Å². The molecule has 0 radical (unpaired) electrons. The van der Waals surface area contributed by atoms with Crippen LogP contribution in [0.2, 0.25) is 0 Å². The number of nitrogens with one attached hydrogen (secondary N) is 1. The second kappa shape index (κ2) is 6.74. The Morgan fingerprint density at radius 3 is 2.76 bits per heavy atom. The Bertz CT molecular complexity index is 666. The molecule has 2 rings (SSSR count). The van der Waals surface area contributed by atoms with E-state index in [1.807, 2.05) is 30.3 Å². The molecule has 0 saturated carbocycles. The Morgan fingerprint density at radius 2 is 2.05 bits per heavy atom. The molecule has 0 bridgehead atoms. The van der Waals surface area contributed by atoms with Crippen LogP contribution < -0.4 is 10.1 Å². The third kappa shape index (κ3) is 4.21. The molecule has 0 heterocycles. The van der Waals surface area contributed by atoms with Crippen molar-refractivity contribution < 1.29 is 19.4 Å². The van der Waals surface area contributed by atoms with E-state index in [2.05, 4.69) is 5.32 Å². The summed E-state index contributed by atoms with van der Waals surface area (Å²) in [5.74, 6) is -0.536. The molecule has 0 aliphatic rings. The fraction of sp³-hybridized carbons (Fsp3) is 0.250.